The molecule has 1 aromatic rings. The second-order valence-corrected chi connectivity index (χ2v) is 7.32. The molecule has 1 aliphatic carbocycles. The van der Waals surface area contributed by atoms with Gasteiger partial charge < -0.3 is 5.73 Å². The van der Waals surface area contributed by atoms with Gasteiger partial charge in [-0.25, -0.2) is 13.1 Å². The molecule has 0 radical (unpaired) electrons. The molecule has 0 unspecified atom stereocenters. The summed E-state index contributed by atoms with van der Waals surface area (Å²) < 4.78 is 27.3. The van der Waals surface area contributed by atoms with E-state index in [-0.39, 0.29) is 0 Å². The summed E-state index contributed by atoms with van der Waals surface area (Å²) in [7, 11) is -3.45. The lowest BCUT2D eigenvalue weighted by Gasteiger charge is -2.19. The zero-order valence-electron chi connectivity index (χ0n) is 12.8. The van der Waals surface area contributed by atoms with Crippen molar-refractivity contribution >= 4 is 10.0 Å². The van der Waals surface area contributed by atoms with Crippen LogP contribution in [0.15, 0.2) is 23.1 Å². The van der Waals surface area contributed by atoms with Crippen LogP contribution in [0.5, 0.6) is 0 Å². The van der Waals surface area contributed by atoms with Gasteiger partial charge in [0, 0.05) is 25.7 Å². The molecular weight excluding hydrogens is 286 g/mol. The molecule has 1 fully saturated rings. The van der Waals surface area contributed by atoms with E-state index in [9.17, 15) is 8.42 Å². The summed E-state index contributed by atoms with van der Waals surface area (Å²) in [5.74, 6) is 0. The summed E-state index contributed by atoms with van der Waals surface area (Å²) in [6.45, 7) is 6.56. The van der Waals surface area contributed by atoms with Crippen molar-refractivity contribution in [2.24, 2.45) is 5.73 Å². The summed E-state index contributed by atoms with van der Waals surface area (Å²) in [4.78, 5) is 2.62. The molecule has 0 aliphatic heterocycles. The number of nitrogens with zero attached hydrogens (tertiary/aromatic N) is 1. The lowest BCUT2D eigenvalue weighted by atomic mass is 10.1. The van der Waals surface area contributed by atoms with Gasteiger partial charge in [-0.15, -0.1) is 0 Å². The van der Waals surface area contributed by atoms with Gasteiger partial charge in [0.05, 0.1) is 4.90 Å². The van der Waals surface area contributed by atoms with Gasteiger partial charge in [-0.1, -0.05) is 13.0 Å². The van der Waals surface area contributed by atoms with Crippen molar-refractivity contribution in [1.29, 1.82) is 0 Å². The van der Waals surface area contributed by atoms with E-state index in [0.717, 1.165) is 24.2 Å². The molecule has 21 heavy (non-hydrogen) atoms. The van der Waals surface area contributed by atoms with Gasteiger partial charge in [0.1, 0.15) is 0 Å². The van der Waals surface area contributed by atoms with Crippen LogP contribution in [-0.2, 0) is 16.6 Å². The Morgan fingerprint density at radius 1 is 1.38 bits per heavy atom. The predicted octanol–water partition coefficient (Wildman–Crippen LogP) is 1.22. The molecule has 5 nitrogen and oxygen atoms in total. The summed E-state index contributed by atoms with van der Waals surface area (Å²) in [6.07, 6.45) is 2.47. The van der Waals surface area contributed by atoms with E-state index in [1.165, 1.54) is 12.8 Å². The molecule has 0 atom stereocenters. The van der Waals surface area contributed by atoms with E-state index < -0.39 is 10.0 Å². The van der Waals surface area contributed by atoms with Gasteiger partial charge in [-0.05, 0) is 49.6 Å². The SMILES string of the molecule is CCN(CCNS(=O)(=O)c1ccc(C)c(CN)c1)C1CC1. The first-order valence-corrected chi connectivity index (χ1v) is 8.99. The molecular formula is C15H25N3O2S. The van der Waals surface area contributed by atoms with Gasteiger partial charge in [0.15, 0.2) is 0 Å². The third-order valence-electron chi connectivity index (χ3n) is 4.01. The Hall–Kier alpha value is -0.950. The largest absolute Gasteiger partial charge is 0.326 e. The smallest absolute Gasteiger partial charge is 0.240 e. The molecule has 0 aromatic heterocycles. The highest BCUT2D eigenvalue weighted by atomic mass is 32.2. The van der Waals surface area contributed by atoms with E-state index in [2.05, 4.69) is 16.5 Å². The van der Waals surface area contributed by atoms with Crippen molar-refractivity contribution in [3.8, 4) is 0 Å². The molecule has 1 aromatic carbocycles. The van der Waals surface area contributed by atoms with Gasteiger partial charge in [0.25, 0.3) is 0 Å². The van der Waals surface area contributed by atoms with E-state index in [1.807, 2.05) is 6.92 Å². The Balaban J connectivity index is 1.97. The fraction of sp³-hybridized carbons (Fsp3) is 0.600. The maximum atomic E-state index is 12.3. The van der Waals surface area contributed by atoms with Crippen LogP contribution in [0.2, 0.25) is 0 Å². The molecule has 0 bridgehead atoms. The number of sulfonamides is 1. The number of benzene rings is 1. The Morgan fingerprint density at radius 3 is 2.67 bits per heavy atom. The molecule has 1 aliphatic rings. The van der Waals surface area contributed by atoms with Crippen LogP contribution >= 0.6 is 0 Å². The third kappa shape index (κ3) is 4.26. The minimum atomic E-state index is -3.45. The quantitative estimate of drug-likeness (QED) is 0.757. The monoisotopic (exact) mass is 311 g/mol. The molecule has 1 saturated carbocycles. The molecule has 0 heterocycles. The Bertz CT molecular complexity index is 583. The zero-order chi connectivity index (χ0) is 15.5. The molecule has 0 spiro atoms. The highest BCUT2D eigenvalue weighted by Gasteiger charge is 2.27. The van der Waals surface area contributed by atoms with Crippen molar-refractivity contribution in [3.05, 3.63) is 29.3 Å². The number of hydrogen-bond acceptors (Lipinski definition) is 4. The number of aryl methyl sites for hydroxylation is 1. The van der Waals surface area contributed by atoms with Crippen LogP contribution in [0.1, 0.15) is 30.9 Å². The summed E-state index contributed by atoms with van der Waals surface area (Å²) in [5, 5.41) is 0. The molecule has 0 amide bonds. The first kappa shape index (κ1) is 16.4. The van der Waals surface area contributed by atoms with E-state index >= 15 is 0 Å². The number of nitrogens with two attached hydrogens (primary N) is 1. The normalized spacial score (nSPS) is 15.6. The van der Waals surface area contributed by atoms with Crippen molar-refractivity contribution in [2.45, 2.75) is 44.2 Å². The molecule has 2 rings (SSSR count). The average molecular weight is 311 g/mol. The summed E-state index contributed by atoms with van der Waals surface area (Å²) in [6, 6.07) is 5.76. The standard InChI is InChI=1S/C15H25N3O2S/c1-3-18(14-5-6-14)9-8-17-21(19,20)15-7-4-12(2)13(10-15)11-16/h4,7,10,14,17H,3,5-6,8-9,11,16H2,1-2H3. The Morgan fingerprint density at radius 2 is 2.10 bits per heavy atom. The predicted molar refractivity (Wildman–Crippen MR) is 84.5 cm³/mol. The molecule has 3 N–H and O–H groups in total. The Labute approximate surface area is 127 Å². The number of likely N-dealkylation sites (N-methyl/N-ethyl adjacent to an activating group) is 1. The number of nitrogens with one attached hydrogen (secondary N) is 1. The summed E-state index contributed by atoms with van der Waals surface area (Å²) >= 11 is 0. The third-order valence-corrected chi connectivity index (χ3v) is 5.47. The van der Waals surface area contributed by atoms with Crippen LogP contribution < -0.4 is 10.5 Å². The van der Waals surface area contributed by atoms with Crippen LogP contribution in [0.4, 0.5) is 0 Å². The minimum Gasteiger partial charge on any atom is -0.326 e. The topological polar surface area (TPSA) is 75.4 Å². The minimum absolute atomic E-state index is 0.294. The lowest BCUT2D eigenvalue weighted by Crippen LogP contribution is -2.36. The fourth-order valence-electron chi connectivity index (χ4n) is 2.48. The molecule has 6 heteroatoms. The second-order valence-electron chi connectivity index (χ2n) is 5.55. The van der Waals surface area contributed by atoms with Gasteiger partial charge >= 0.3 is 0 Å². The highest BCUT2D eigenvalue weighted by molar-refractivity contribution is 7.89. The maximum absolute atomic E-state index is 12.3. The highest BCUT2D eigenvalue weighted by Crippen LogP contribution is 2.25. The van der Waals surface area contributed by atoms with Gasteiger partial charge in [-0.3, -0.25) is 4.90 Å². The maximum Gasteiger partial charge on any atom is 0.240 e. The summed E-state index contributed by atoms with van der Waals surface area (Å²) in [5.41, 5.74) is 7.52. The molecule has 0 saturated heterocycles. The first-order valence-electron chi connectivity index (χ1n) is 7.51. The van der Waals surface area contributed by atoms with Crippen molar-refractivity contribution in [2.75, 3.05) is 19.6 Å². The van der Waals surface area contributed by atoms with Crippen molar-refractivity contribution < 1.29 is 8.42 Å². The number of hydrogen-bond donors (Lipinski definition) is 2. The van der Waals surface area contributed by atoms with Crippen LogP contribution in [-0.4, -0.2) is 39.0 Å². The first-order chi connectivity index (χ1) is 9.97. The van der Waals surface area contributed by atoms with Crippen molar-refractivity contribution in [3.63, 3.8) is 0 Å². The average Bonchev–Trinajstić information content (AvgIpc) is 3.28. The van der Waals surface area contributed by atoms with Crippen LogP contribution in [0.25, 0.3) is 0 Å². The lowest BCUT2D eigenvalue weighted by molar-refractivity contribution is 0.282. The van der Waals surface area contributed by atoms with Crippen molar-refractivity contribution in [1.82, 2.24) is 9.62 Å². The van der Waals surface area contributed by atoms with Gasteiger partial charge in [0.2, 0.25) is 10.0 Å². The van der Waals surface area contributed by atoms with E-state index in [1.54, 1.807) is 18.2 Å². The van der Waals surface area contributed by atoms with Crippen LogP contribution in [0.3, 0.4) is 0 Å². The fourth-order valence-corrected chi connectivity index (χ4v) is 3.55. The van der Waals surface area contributed by atoms with Gasteiger partial charge in [-0.2, -0.15) is 0 Å². The Kier molecular flexibility index (Phi) is 5.37. The van der Waals surface area contributed by atoms with E-state index in [4.69, 9.17) is 5.73 Å². The number of rotatable bonds is 8. The van der Waals surface area contributed by atoms with Crippen LogP contribution in [0, 0.1) is 6.92 Å². The zero-order valence-corrected chi connectivity index (χ0v) is 13.6. The van der Waals surface area contributed by atoms with E-state index in [0.29, 0.717) is 24.0 Å². The second kappa shape index (κ2) is 6.87. The molecule has 118 valence electrons.